The number of benzene rings is 2. The third-order valence-electron chi connectivity index (χ3n) is 4.46. The van der Waals surface area contributed by atoms with Crippen molar-refractivity contribution in [3.8, 4) is 16.9 Å². The molecule has 4 aromatic rings. The zero-order valence-electron chi connectivity index (χ0n) is 16.2. The van der Waals surface area contributed by atoms with Crippen molar-refractivity contribution in [3.05, 3.63) is 88.8 Å². The van der Waals surface area contributed by atoms with Gasteiger partial charge in [0, 0.05) is 35.6 Å². The molecule has 0 N–H and O–H groups in total. The average Bonchev–Trinajstić information content (AvgIpc) is 3.40. The number of aromatic nitrogens is 3. The smallest absolute Gasteiger partial charge is 0.206 e. The van der Waals surface area contributed by atoms with Crippen molar-refractivity contribution in [1.82, 2.24) is 14.2 Å². The predicted molar refractivity (Wildman–Crippen MR) is 115 cm³/mol. The number of hydrogen-bond donors (Lipinski definition) is 0. The Morgan fingerprint density at radius 1 is 1.10 bits per heavy atom. The third kappa shape index (κ3) is 4.09. The highest BCUT2D eigenvalue weighted by atomic mass is 32.1. The van der Waals surface area contributed by atoms with Crippen LogP contribution in [0.2, 0.25) is 0 Å². The molecule has 146 valence electrons. The largest absolute Gasteiger partial charge is 0.306 e. The summed E-state index contributed by atoms with van der Waals surface area (Å²) in [5, 5.41) is 6.84. The monoisotopic (exact) mass is 405 g/mol. The molecule has 2 aromatic heterocycles. The first-order valence-corrected chi connectivity index (χ1v) is 10.1. The molecule has 29 heavy (non-hydrogen) atoms. The van der Waals surface area contributed by atoms with Crippen LogP contribution in [0.4, 0.5) is 4.39 Å². The fraction of sp³-hybridized carbons (Fsp3) is 0.136. The Kier molecular flexibility index (Phi) is 5.48. The molecule has 0 aliphatic heterocycles. The van der Waals surface area contributed by atoms with Crippen LogP contribution < -0.4 is 4.80 Å². The summed E-state index contributed by atoms with van der Waals surface area (Å²) in [5.74, 6) is -0.258. The van der Waals surface area contributed by atoms with E-state index in [1.807, 2.05) is 58.9 Å². The minimum absolute atomic E-state index is 0.258. The van der Waals surface area contributed by atoms with Gasteiger partial charge in [-0.2, -0.15) is 5.10 Å². The first kappa shape index (κ1) is 19.0. The van der Waals surface area contributed by atoms with Crippen LogP contribution in [-0.4, -0.2) is 26.5 Å². The second kappa shape index (κ2) is 8.36. The van der Waals surface area contributed by atoms with Crippen LogP contribution in [0.1, 0.15) is 19.4 Å². The second-order valence-corrected chi connectivity index (χ2v) is 7.24. The molecule has 0 atom stereocenters. The summed E-state index contributed by atoms with van der Waals surface area (Å²) in [4.78, 5) is 9.44. The molecule has 0 fully saturated rings. The van der Waals surface area contributed by atoms with Crippen molar-refractivity contribution < 1.29 is 4.39 Å². The lowest BCUT2D eigenvalue weighted by molar-refractivity contribution is 0.628. The summed E-state index contributed by atoms with van der Waals surface area (Å²) < 4.78 is 17.1. The molecule has 0 amide bonds. The van der Waals surface area contributed by atoms with Gasteiger partial charge in [0.1, 0.15) is 5.82 Å². The van der Waals surface area contributed by atoms with Crippen LogP contribution >= 0.6 is 11.3 Å². The Morgan fingerprint density at radius 3 is 2.52 bits per heavy atom. The second-order valence-electron chi connectivity index (χ2n) is 6.40. The normalized spacial score (nSPS) is 12.5. The first-order chi connectivity index (χ1) is 14.2. The van der Waals surface area contributed by atoms with Crippen molar-refractivity contribution in [3.63, 3.8) is 0 Å². The van der Waals surface area contributed by atoms with E-state index in [-0.39, 0.29) is 5.82 Å². The molecular weight excluding hydrogens is 385 g/mol. The number of hydrogen-bond acceptors (Lipinski definition) is 4. The van der Waals surface area contributed by atoms with Gasteiger partial charge < -0.3 is 4.57 Å². The van der Waals surface area contributed by atoms with Gasteiger partial charge in [0.25, 0.3) is 0 Å². The molecule has 0 spiro atoms. The maximum atomic E-state index is 13.3. The lowest BCUT2D eigenvalue weighted by atomic mass is 10.1. The molecule has 0 unspecified atom stereocenters. The van der Waals surface area contributed by atoms with E-state index in [0.717, 1.165) is 33.0 Å². The van der Waals surface area contributed by atoms with Gasteiger partial charge in [0.15, 0.2) is 0 Å². The van der Waals surface area contributed by atoms with E-state index < -0.39 is 0 Å². The van der Waals surface area contributed by atoms with Gasteiger partial charge in [-0.15, -0.1) is 11.3 Å². The molecule has 0 saturated carbocycles. The van der Waals surface area contributed by atoms with Crippen molar-refractivity contribution in [2.45, 2.75) is 13.8 Å². The van der Waals surface area contributed by atoms with E-state index in [1.54, 1.807) is 24.7 Å². The Hall–Kier alpha value is -3.32. The number of rotatable bonds is 5. The summed E-state index contributed by atoms with van der Waals surface area (Å²) in [7, 11) is 0. The Bertz CT molecular complexity index is 1180. The predicted octanol–water partition coefficient (Wildman–Crippen LogP) is 4.73. The fourth-order valence-electron chi connectivity index (χ4n) is 2.95. The molecule has 0 saturated heterocycles. The van der Waals surface area contributed by atoms with Gasteiger partial charge in [-0.25, -0.2) is 14.1 Å². The summed E-state index contributed by atoms with van der Waals surface area (Å²) in [5.41, 5.74) is 4.70. The summed E-state index contributed by atoms with van der Waals surface area (Å²) in [6.07, 6.45) is 5.43. The van der Waals surface area contributed by atoms with Crippen LogP contribution in [-0.2, 0) is 0 Å². The maximum absolute atomic E-state index is 13.3. The molecular formula is C22H20FN5S. The fourth-order valence-corrected chi connectivity index (χ4v) is 3.85. The van der Waals surface area contributed by atoms with Gasteiger partial charge in [-0.1, -0.05) is 12.1 Å². The summed E-state index contributed by atoms with van der Waals surface area (Å²) in [6.45, 7) is 4.63. The van der Waals surface area contributed by atoms with Crippen LogP contribution in [0, 0.1) is 5.82 Å². The standard InChI is InChI=1S/C22H20FN5S/c1-3-25-22-28(21(14-29-22)18-4-8-19(23)9-5-18)26-16(2)17-6-10-20(11-7-17)27-13-12-24-15-27/h4-15H,3H2,1-2H3. The van der Waals surface area contributed by atoms with Gasteiger partial charge in [0.05, 0.1) is 17.7 Å². The van der Waals surface area contributed by atoms with E-state index in [1.165, 1.54) is 23.5 Å². The molecule has 5 nitrogen and oxygen atoms in total. The van der Waals surface area contributed by atoms with Crippen molar-refractivity contribution in [2.24, 2.45) is 10.1 Å². The molecule has 0 bridgehead atoms. The zero-order chi connectivity index (χ0) is 20.2. The SMILES string of the molecule is CCN=c1scc(-c2ccc(F)cc2)n1N=C(C)c1ccc(-n2ccnc2)cc1. The van der Waals surface area contributed by atoms with Crippen molar-refractivity contribution in [2.75, 3.05) is 6.54 Å². The lowest BCUT2D eigenvalue weighted by Crippen LogP contribution is -2.14. The lowest BCUT2D eigenvalue weighted by Gasteiger charge is -2.08. The number of thiazole rings is 1. The topological polar surface area (TPSA) is 47.5 Å². The van der Waals surface area contributed by atoms with Crippen LogP contribution in [0.15, 0.2) is 82.7 Å². The van der Waals surface area contributed by atoms with Gasteiger partial charge in [0.2, 0.25) is 4.80 Å². The zero-order valence-corrected chi connectivity index (χ0v) is 17.0. The molecule has 2 aromatic carbocycles. The molecule has 7 heteroatoms. The molecule has 0 aliphatic rings. The third-order valence-corrected chi connectivity index (χ3v) is 5.31. The Labute approximate surface area is 172 Å². The highest BCUT2D eigenvalue weighted by molar-refractivity contribution is 7.07. The molecule has 4 rings (SSSR count). The summed E-state index contributed by atoms with van der Waals surface area (Å²) in [6, 6.07) is 14.6. The Balaban J connectivity index is 1.73. The summed E-state index contributed by atoms with van der Waals surface area (Å²) >= 11 is 1.52. The van der Waals surface area contributed by atoms with Crippen molar-refractivity contribution >= 4 is 17.0 Å². The molecule has 0 radical (unpaired) electrons. The van der Waals surface area contributed by atoms with E-state index in [9.17, 15) is 4.39 Å². The minimum atomic E-state index is -0.258. The first-order valence-electron chi connectivity index (χ1n) is 9.27. The van der Waals surface area contributed by atoms with Gasteiger partial charge >= 0.3 is 0 Å². The van der Waals surface area contributed by atoms with Crippen LogP contribution in [0.25, 0.3) is 16.9 Å². The van der Waals surface area contributed by atoms with Crippen LogP contribution in [0.3, 0.4) is 0 Å². The van der Waals surface area contributed by atoms with Gasteiger partial charge in [-0.05, 0) is 55.8 Å². The number of imidazole rings is 1. The van der Waals surface area contributed by atoms with E-state index in [2.05, 4.69) is 9.98 Å². The van der Waals surface area contributed by atoms with Crippen LogP contribution in [0.5, 0.6) is 0 Å². The van der Waals surface area contributed by atoms with E-state index in [4.69, 9.17) is 5.10 Å². The quantitative estimate of drug-likeness (QED) is 0.443. The Morgan fingerprint density at radius 2 is 1.86 bits per heavy atom. The minimum Gasteiger partial charge on any atom is -0.306 e. The highest BCUT2D eigenvalue weighted by Crippen LogP contribution is 2.21. The van der Waals surface area contributed by atoms with Gasteiger partial charge in [-0.3, -0.25) is 4.99 Å². The molecule has 2 heterocycles. The van der Waals surface area contributed by atoms with E-state index >= 15 is 0 Å². The number of halogens is 1. The molecule has 0 aliphatic carbocycles. The number of nitrogens with zero attached hydrogens (tertiary/aromatic N) is 5. The maximum Gasteiger partial charge on any atom is 0.206 e. The average molecular weight is 406 g/mol. The van der Waals surface area contributed by atoms with Crippen molar-refractivity contribution in [1.29, 1.82) is 0 Å². The highest BCUT2D eigenvalue weighted by Gasteiger charge is 2.09. The van der Waals surface area contributed by atoms with E-state index in [0.29, 0.717) is 6.54 Å².